The molecule has 0 radical (unpaired) electrons. The Hall–Kier alpha value is -2.60. The van der Waals surface area contributed by atoms with E-state index in [4.69, 9.17) is 8.94 Å². The van der Waals surface area contributed by atoms with Gasteiger partial charge in [-0.25, -0.2) is 13.1 Å². The number of nitrogens with one attached hydrogen (secondary N) is 1. The quantitative estimate of drug-likeness (QED) is 0.565. The Bertz CT molecular complexity index is 1090. The second-order valence-electron chi connectivity index (χ2n) is 6.41. The van der Waals surface area contributed by atoms with Gasteiger partial charge in [-0.2, -0.15) is 13.2 Å². The van der Waals surface area contributed by atoms with E-state index in [9.17, 15) is 21.6 Å². The van der Waals surface area contributed by atoms with Crippen molar-refractivity contribution in [2.75, 3.05) is 6.54 Å². The molecule has 12 heteroatoms. The molecule has 0 aromatic carbocycles. The van der Waals surface area contributed by atoms with Crippen LogP contribution >= 0.6 is 0 Å². The van der Waals surface area contributed by atoms with E-state index in [1.807, 2.05) is 0 Å². The summed E-state index contributed by atoms with van der Waals surface area (Å²) in [6, 6.07) is 1.76. The Morgan fingerprint density at radius 1 is 1.07 bits per heavy atom. The largest absolute Gasteiger partial charge is 0.458 e. The number of hydrogen-bond donors (Lipinski definition) is 1. The number of alkyl halides is 3. The first-order valence-electron chi connectivity index (χ1n) is 8.55. The maximum atomic E-state index is 12.6. The number of hydrogen-bond acceptors (Lipinski definition) is 7. The molecule has 3 aromatic heterocycles. The van der Waals surface area contributed by atoms with Crippen LogP contribution in [0.3, 0.4) is 0 Å². The Labute approximate surface area is 164 Å². The Balaban J connectivity index is 1.68. The predicted molar refractivity (Wildman–Crippen MR) is 93.4 cm³/mol. The SMILES string of the molecule is Cc1noc(C)c1CCCNS(=O)(=O)c1cc(-c2cc(C(F)(F)F)on2)oc1C. The molecule has 0 aliphatic heterocycles. The fourth-order valence-corrected chi connectivity index (χ4v) is 4.04. The summed E-state index contributed by atoms with van der Waals surface area (Å²) in [6.45, 7) is 5.13. The molecule has 158 valence electrons. The van der Waals surface area contributed by atoms with Crippen LogP contribution in [0, 0.1) is 20.8 Å². The van der Waals surface area contributed by atoms with Gasteiger partial charge in [-0.3, -0.25) is 0 Å². The van der Waals surface area contributed by atoms with E-state index < -0.39 is 22.0 Å². The first-order chi connectivity index (χ1) is 13.5. The first-order valence-corrected chi connectivity index (χ1v) is 10.0. The number of furan rings is 1. The fourth-order valence-electron chi connectivity index (χ4n) is 2.79. The van der Waals surface area contributed by atoms with Gasteiger partial charge in [0.05, 0.1) is 5.69 Å². The van der Waals surface area contributed by atoms with E-state index in [0.717, 1.165) is 17.3 Å². The maximum Gasteiger partial charge on any atom is 0.452 e. The smallest absolute Gasteiger partial charge is 0.452 e. The van der Waals surface area contributed by atoms with Gasteiger partial charge in [0.15, 0.2) is 5.76 Å². The molecule has 0 spiro atoms. The van der Waals surface area contributed by atoms with Gasteiger partial charge in [-0.15, -0.1) is 0 Å². The van der Waals surface area contributed by atoms with Gasteiger partial charge in [-0.1, -0.05) is 10.3 Å². The third-order valence-corrected chi connectivity index (χ3v) is 5.85. The Morgan fingerprint density at radius 2 is 1.79 bits per heavy atom. The third kappa shape index (κ3) is 4.53. The van der Waals surface area contributed by atoms with Gasteiger partial charge in [0.2, 0.25) is 15.8 Å². The molecule has 3 rings (SSSR count). The highest BCUT2D eigenvalue weighted by molar-refractivity contribution is 7.89. The average Bonchev–Trinajstić information content (AvgIpc) is 3.32. The predicted octanol–water partition coefficient (Wildman–Crippen LogP) is 3.78. The van der Waals surface area contributed by atoms with E-state index in [0.29, 0.717) is 24.7 Å². The molecule has 0 aliphatic rings. The molecule has 3 heterocycles. The molecule has 0 saturated carbocycles. The summed E-state index contributed by atoms with van der Waals surface area (Å²) in [7, 11) is -3.92. The van der Waals surface area contributed by atoms with Gasteiger partial charge in [-0.05, 0) is 33.6 Å². The standard InChI is InChI=1S/C17H18F3N3O5S/c1-9-12(10(2)27-22-9)5-4-6-21-29(24,25)15-8-14(26-11(15)3)13-7-16(28-23-13)17(18,19)20/h7-8,21H,4-6H2,1-3H3. The number of halogens is 3. The lowest BCUT2D eigenvalue weighted by Gasteiger charge is -2.05. The molecule has 8 nitrogen and oxygen atoms in total. The fraction of sp³-hybridized carbons (Fsp3) is 0.412. The van der Waals surface area contributed by atoms with Crippen molar-refractivity contribution in [1.82, 2.24) is 15.0 Å². The lowest BCUT2D eigenvalue weighted by molar-refractivity contribution is -0.155. The van der Waals surface area contributed by atoms with E-state index in [2.05, 4.69) is 19.6 Å². The highest BCUT2D eigenvalue weighted by Gasteiger charge is 2.36. The molecule has 0 fully saturated rings. The van der Waals surface area contributed by atoms with Crippen molar-refractivity contribution in [3.8, 4) is 11.5 Å². The molecule has 3 aromatic rings. The van der Waals surface area contributed by atoms with Crippen LogP contribution in [0.15, 0.2) is 30.5 Å². The van der Waals surface area contributed by atoms with Crippen LogP contribution in [0.5, 0.6) is 0 Å². The zero-order chi connectivity index (χ0) is 21.4. The van der Waals surface area contributed by atoms with Crippen LogP contribution in [0.25, 0.3) is 11.5 Å². The topological polar surface area (TPSA) is 111 Å². The molecular formula is C17H18F3N3O5S. The molecule has 0 atom stereocenters. The van der Waals surface area contributed by atoms with Crippen molar-refractivity contribution in [2.24, 2.45) is 0 Å². The minimum absolute atomic E-state index is 0.0229. The molecular weight excluding hydrogens is 415 g/mol. The molecule has 1 N–H and O–H groups in total. The van der Waals surface area contributed by atoms with Crippen molar-refractivity contribution >= 4 is 10.0 Å². The molecule has 0 unspecified atom stereocenters. The molecule has 0 bridgehead atoms. The highest BCUT2D eigenvalue weighted by Crippen LogP contribution is 2.34. The van der Waals surface area contributed by atoms with Gasteiger partial charge >= 0.3 is 6.18 Å². The van der Waals surface area contributed by atoms with Crippen molar-refractivity contribution in [3.63, 3.8) is 0 Å². The lowest BCUT2D eigenvalue weighted by Crippen LogP contribution is -2.25. The number of aromatic nitrogens is 2. The van der Waals surface area contributed by atoms with E-state index in [1.54, 1.807) is 13.8 Å². The van der Waals surface area contributed by atoms with Gasteiger partial charge < -0.3 is 13.5 Å². The zero-order valence-electron chi connectivity index (χ0n) is 15.8. The minimum atomic E-state index is -4.70. The van der Waals surface area contributed by atoms with E-state index in [1.165, 1.54) is 6.92 Å². The van der Waals surface area contributed by atoms with Gasteiger partial charge in [0.25, 0.3) is 0 Å². The average molecular weight is 433 g/mol. The van der Waals surface area contributed by atoms with Crippen LogP contribution in [-0.4, -0.2) is 25.3 Å². The highest BCUT2D eigenvalue weighted by atomic mass is 32.2. The minimum Gasteiger partial charge on any atom is -0.458 e. The van der Waals surface area contributed by atoms with Crippen LogP contribution in [-0.2, 0) is 22.6 Å². The molecule has 0 aliphatic carbocycles. The van der Waals surface area contributed by atoms with Gasteiger partial charge in [0.1, 0.15) is 22.1 Å². The molecule has 0 amide bonds. The molecule has 0 saturated heterocycles. The monoisotopic (exact) mass is 433 g/mol. The number of rotatable bonds is 7. The second-order valence-corrected chi connectivity index (χ2v) is 8.14. The van der Waals surface area contributed by atoms with Gasteiger partial charge in [0, 0.05) is 24.2 Å². The van der Waals surface area contributed by atoms with Crippen molar-refractivity contribution in [2.45, 2.75) is 44.7 Å². The Morgan fingerprint density at radius 3 is 2.38 bits per heavy atom. The summed E-state index contributed by atoms with van der Waals surface area (Å²) >= 11 is 0. The summed E-state index contributed by atoms with van der Waals surface area (Å²) in [6.07, 6.45) is -3.62. The van der Waals surface area contributed by atoms with Crippen LogP contribution in [0.4, 0.5) is 13.2 Å². The van der Waals surface area contributed by atoms with E-state index in [-0.39, 0.29) is 28.7 Å². The van der Waals surface area contributed by atoms with Crippen molar-refractivity contribution in [1.29, 1.82) is 0 Å². The lowest BCUT2D eigenvalue weighted by atomic mass is 10.1. The number of sulfonamides is 1. The third-order valence-electron chi connectivity index (χ3n) is 4.28. The van der Waals surface area contributed by atoms with Crippen LogP contribution in [0.2, 0.25) is 0 Å². The number of aryl methyl sites for hydroxylation is 3. The van der Waals surface area contributed by atoms with E-state index >= 15 is 0 Å². The Kier molecular flexibility index (Phi) is 5.59. The van der Waals surface area contributed by atoms with Crippen molar-refractivity contribution in [3.05, 3.63) is 40.7 Å². The first kappa shape index (κ1) is 21.1. The van der Waals surface area contributed by atoms with Crippen LogP contribution < -0.4 is 4.72 Å². The maximum absolute atomic E-state index is 12.6. The second kappa shape index (κ2) is 7.67. The summed E-state index contributed by atoms with van der Waals surface area (Å²) in [5, 5.41) is 7.13. The summed E-state index contributed by atoms with van der Waals surface area (Å²) in [5.41, 5.74) is 1.43. The summed E-state index contributed by atoms with van der Waals surface area (Å²) < 4.78 is 80.0. The van der Waals surface area contributed by atoms with Crippen LogP contribution in [0.1, 0.15) is 35.0 Å². The molecule has 29 heavy (non-hydrogen) atoms. The number of nitrogens with zero attached hydrogens (tertiary/aromatic N) is 2. The summed E-state index contributed by atoms with van der Waals surface area (Å²) in [5.74, 6) is -0.734. The zero-order valence-corrected chi connectivity index (χ0v) is 16.6. The van der Waals surface area contributed by atoms with Crippen molar-refractivity contribution < 1.29 is 35.1 Å². The normalized spacial score (nSPS) is 12.6. The summed E-state index contributed by atoms with van der Waals surface area (Å²) in [4.78, 5) is -0.179.